The molecule has 0 fully saturated rings. The van der Waals surface area contributed by atoms with Crippen molar-refractivity contribution < 1.29 is 0 Å². The number of benzene rings is 9. The van der Waals surface area contributed by atoms with E-state index < -0.39 is 0 Å². The van der Waals surface area contributed by atoms with Crippen LogP contribution in [-0.2, 0) is 6.42 Å². The van der Waals surface area contributed by atoms with Gasteiger partial charge in [-0.25, -0.2) is 9.97 Å². The first kappa shape index (κ1) is 53.8. The summed E-state index contributed by atoms with van der Waals surface area (Å²) < 4.78 is 0. The molecule has 9 aromatic carbocycles. The quantitative estimate of drug-likeness (QED) is 0.0752. The molecule has 79 heavy (non-hydrogen) atoms. The minimum atomic E-state index is 0.812. The molecule has 0 saturated heterocycles. The zero-order valence-electron chi connectivity index (χ0n) is 45.6. The van der Waals surface area contributed by atoms with Crippen molar-refractivity contribution in [1.29, 1.82) is 0 Å². The molecule has 6 nitrogen and oxygen atoms in total. The summed E-state index contributed by atoms with van der Waals surface area (Å²) in [5.74, 6) is 0. The summed E-state index contributed by atoms with van der Waals surface area (Å²) in [6.45, 7) is 20.8. The molecule has 10 rings (SSSR count). The topological polar surface area (TPSA) is 38.7 Å². The van der Waals surface area contributed by atoms with Gasteiger partial charge in [-0.3, -0.25) is 0 Å². The molecule has 0 aliphatic heterocycles. The first-order chi connectivity index (χ1) is 38.9. The molecule has 6 heteroatoms. The molecular formula is C73H66N6. The highest BCUT2D eigenvalue weighted by molar-refractivity contribution is 5.89. The van der Waals surface area contributed by atoms with Crippen LogP contribution in [0.5, 0.6) is 0 Å². The fourth-order valence-corrected chi connectivity index (χ4v) is 9.70. The number of fused-ring (bicyclic) bond motifs is 1. The van der Waals surface area contributed by atoms with Crippen LogP contribution in [-0.4, -0.2) is 9.97 Å². The second-order valence-corrected chi connectivity index (χ2v) is 18.4. The van der Waals surface area contributed by atoms with E-state index in [2.05, 4.69) is 266 Å². The molecule has 0 atom stereocenters. The predicted octanol–water partition coefficient (Wildman–Crippen LogP) is 20.4. The molecule has 388 valence electrons. The van der Waals surface area contributed by atoms with Gasteiger partial charge in [0.1, 0.15) is 0 Å². The molecule has 10 aromatic rings. The lowest BCUT2D eigenvalue weighted by Crippen LogP contribution is -2.16. The van der Waals surface area contributed by atoms with E-state index in [1.54, 1.807) is 6.08 Å². The summed E-state index contributed by atoms with van der Waals surface area (Å²) >= 11 is 0. The fourth-order valence-electron chi connectivity index (χ4n) is 9.70. The van der Waals surface area contributed by atoms with Gasteiger partial charge in [0.15, 0.2) is 0 Å². The van der Waals surface area contributed by atoms with Crippen molar-refractivity contribution in [3.63, 3.8) is 0 Å². The monoisotopic (exact) mass is 1030 g/mol. The third-order valence-electron chi connectivity index (χ3n) is 13.4. The number of aryl methyl sites for hydroxylation is 1. The van der Waals surface area contributed by atoms with Gasteiger partial charge in [0.25, 0.3) is 0 Å². The molecule has 1 aromatic heterocycles. The smallest absolute Gasteiger partial charge is 0.0973 e. The maximum absolute atomic E-state index is 5.47. The highest BCUT2D eigenvalue weighted by Gasteiger charge is 2.20. The minimum absolute atomic E-state index is 0.812. The van der Waals surface area contributed by atoms with Crippen LogP contribution in [0.1, 0.15) is 33.3 Å². The van der Waals surface area contributed by atoms with E-state index in [0.29, 0.717) is 0 Å². The van der Waals surface area contributed by atoms with Gasteiger partial charge in [0.2, 0.25) is 0 Å². The van der Waals surface area contributed by atoms with Crippen LogP contribution < -0.4 is 19.6 Å². The van der Waals surface area contributed by atoms with Crippen molar-refractivity contribution in [2.45, 2.75) is 34.1 Å². The van der Waals surface area contributed by atoms with E-state index in [0.717, 1.165) is 114 Å². The van der Waals surface area contributed by atoms with E-state index >= 15 is 0 Å². The number of anilines is 9. The van der Waals surface area contributed by atoms with Crippen molar-refractivity contribution in [1.82, 2.24) is 9.97 Å². The van der Waals surface area contributed by atoms with Crippen LogP contribution in [0.25, 0.3) is 33.5 Å². The summed E-state index contributed by atoms with van der Waals surface area (Å²) in [6.07, 6.45) is 12.7. The number of hydrogen-bond acceptors (Lipinski definition) is 6. The summed E-state index contributed by atoms with van der Waals surface area (Å²) in [7, 11) is 0. The van der Waals surface area contributed by atoms with Gasteiger partial charge in [-0.05, 0) is 158 Å². The van der Waals surface area contributed by atoms with Crippen molar-refractivity contribution in [2.75, 3.05) is 19.6 Å². The van der Waals surface area contributed by atoms with Crippen LogP contribution in [0.3, 0.4) is 0 Å². The summed E-state index contributed by atoms with van der Waals surface area (Å²) in [4.78, 5) is 19.8. The molecule has 0 bridgehead atoms. The van der Waals surface area contributed by atoms with E-state index in [1.807, 2.05) is 74.5 Å². The summed E-state index contributed by atoms with van der Waals surface area (Å²) in [5.41, 5.74) is 18.5. The molecule has 1 heterocycles. The average molecular weight is 1030 g/mol. The molecule has 0 amide bonds. The second kappa shape index (κ2) is 26.1. The lowest BCUT2D eigenvalue weighted by atomic mass is 10.0. The normalized spacial score (nSPS) is 11.3. The highest BCUT2D eigenvalue weighted by Crippen LogP contribution is 2.41. The van der Waals surface area contributed by atoms with Crippen molar-refractivity contribution >= 4 is 62.2 Å². The Hall–Kier alpha value is -10.0. The lowest BCUT2D eigenvalue weighted by molar-refractivity contribution is 1.14. The Balaban J connectivity index is 0.00000374. The lowest BCUT2D eigenvalue weighted by Gasteiger charge is -2.28. The van der Waals surface area contributed by atoms with Gasteiger partial charge < -0.3 is 19.6 Å². The Bertz CT molecular complexity index is 3660. The van der Waals surface area contributed by atoms with Gasteiger partial charge in [-0.2, -0.15) is 0 Å². The molecule has 0 aliphatic rings. The summed E-state index contributed by atoms with van der Waals surface area (Å²) in [5, 5.41) is 0. The van der Waals surface area contributed by atoms with Gasteiger partial charge in [-0.1, -0.05) is 180 Å². The first-order valence-electron chi connectivity index (χ1n) is 27.0. The van der Waals surface area contributed by atoms with E-state index in [9.17, 15) is 0 Å². The largest absolute Gasteiger partial charge is 0.315 e. The third kappa shape index (κ3) is 12.3. The summed E-state index contributed by atoms with van der Waals surface area (Å²) in [6, 6.07) is 84.3. The van der Waals surface area contributed by atoms with Gasteiger partial charge in [0.05, 0.1) is 22.4 Å². The SMILES string of the molecule is C=C/C=C\C(=C)N(c1ccccc1)c1ccc(N(c2ccccc2)c2ccc(-c3nc4c(CC)cccc4nc3-c3ccc(N(/C(C)=C/C=C(\C=C)N(c4ccccc4)c4ccccc4)c4ccccc4)cc3)cc2)cc1.CC. The van der Waals surface area contributed by atoms with Crippen molar-refractivity contribution in [3.8, 4) is 22.5 Å². The van der Waals surface area contributed by atoms with Crippen LogP contribution in [0.15, 0.2) is 316 Å². The van der Waals surface area contributed by atoms with Crippen LogP contribution in [0, 0.1) is 0 Å². The van der Waals surface area contributed by atoms with E-state index in [1.165, 1.54) is 0 Å². The van der Waals surface area contributed by atoms with Crippen molar-refractivity contribution in [2.24, 2.45) is 0 Å². The second-order valence-electron chi connectivity index (χ2n) is 18.4. The number of allylic oxidation sites excluding steroid dienone is 7. The zero-order chi connectivity index (χ0) is 54.9. The highest BCUT2D eigenvalue weighted by atomic mass is 15.2. The maximum Gasteiger partial charge on any atom is 0.0973 e. The van der Waals surface area contributed by atoms with Crippen molar-refractivity contribution in [3.05, 3.63) is 322 Å². The van der Waals surface area contributed by atoms with Crippen LogP contribution >= 0.6 is 0 Å². The molecule has 0 N–H and O–H groups in total. The van der Waals surface area contributed by atoms with Gasteiger partial charge in [-0.15, -0.1) is 0 Å². The Morgan fingerprint density at radius 2 is 0.823 bits per heavy atom. The molecular weight excluding hydrogens is 961 g/mol. The number of nitrogens with zero attached hydrogens (tertiary/aromatic N) is 6. The van der Waals surface area contributed by atoms with Gasteiger partial charge in [0, 0.05) is 79.4 Å². The number of hydrogen-bond donors (Lipinski definition) is 0. The average Bonchev–Trinajstić information content (AvgIpc) is 3.57. The molecule has 0 unspecified atom stereocenters. The molecule has 0 aliphatic carbocycles. The van der Waals surface area contributed by atoms with Crippen LogP contribution in [0.4, 0.5) is 51.2 Å². The number of aromatic nitrogens is 2. The third-order valence-corrected chi connectivity index (χ3v) is 13.4. The van der Waals surface area contributed by atoms with Crippen LogP contribution in [0.2, 0.25) is 0 Å². The Labute approximate surface area is 467 Å². The van der Waals surface area contributed by atoms with Gasteiger partial charge >= 0.3 is 0 Å². The Morgan fingerprint density at radius 1 is 0.430 bits per heavy atom. The minimum Gasteiger partial charge on any atom is -0.315 e. The Morgan fingerprint density at radius 3 is 1.30 bits per heavy atom. The number of para-hydroxylation sites is 6. The number of rotatable bonds is 19. The maximum atomic E-state index is 5.47. The fraction of sp³-hybridized carbons (Fsp3) is 0.0685. The Kier molecular flexibility index (Phi) is 17.8. The molecule has 0 saturated carbocycles. The zero-order valence-corrected chi connectivity index (χ0v) is 45.6. The van der Waals surface area contributed by atoms with E-state index in [-0.39, 0.29) is 0 Å². The standard InChI is InChI=1S/C71H60N6.C2H6/c1-6-9-26-53(4)74(59-28-15-10-16-29-59)65-49-51-67(52-50-65)77(63-36-23-14-24-37-63)66-47-42-57(43-48-66)71-70(72-68-38-25-27-55(7-2)69(68)73-71)56-40-45-64(46-41-56)75(60-30-17-11-18-31-60)54(5)39-44-58(8-3)76(61-32-19-12-20-33-61)62-34-21-13-22-35-62;1-2/h6,8-52H,1,3-4,7H2,2,5H3;1-2H3/b26-9-,54-39+,58-44+;. The molecule has 0 radical (unpaired) electrons. The molecule has 0 spiro atoms. The van der Waals surface area contributed by atoms with E-state index in [4.69, 9.17) is 9.97 Å². The predicted molar refractivity (Wildman–Crippen MR) is 339 cm³/mol. The first-order valence-corrected chi connectivity index (χ1v) is 27.0.